The second-order valence-corrected chi connectivity index (χ2v) is 8.31. The van der Waals surface area contributed by atoms with Gasteiger partial charge in [-0.3, -0.25) is 4.79 Å². The summed E-state index contributed by atoms with van der Waals surface area (Å²) in [5.74, 6) is -0.0925. The van der Waals surface area contributed by atoms with Crippen molar-refractivity contribution in [2.45, 2.75) is 6.04 Å². The first kappa shape index (κ1) is 21.6. The lowest BCUT2D eigenvalue weighted by Crippen LogP contribution is -2.30. The molecule has 0 aliphatic carbocycles. The number of nitrogens with zero attached hydrogens (tertiary/aromatic N) is 1. The molecular weight excluding hydrogens is 465 g/mol. The lowest BCUT2D eigenvalue weighted by molar-refractivity contribution is -0.121. The molecule has 5 nitrogen and oxygen atoms in total. The first-order valence-electron chi connectivity index (χ1n) is 10.1. The third kappa shape index (κ3) is 5.00. The second kappa shape index (κ2) is 9.70. The molecule has 158 valence electrons. The Bertz CT molecular complexity index is 1270. The summed E-state index contributed by atoms with van der Waals surface area (Å²) in [5, 5.41) is 19.6. The van der Waals surface area contributed by atoms with Gasteiger partial charge in [0.1, 0.15) is 19.6 Å². The van der Waals surface area contributed by atoms with Crippen LogP contribution in [0, 0.1) is 0 Å². The van der Waals surface area contributed by atoms with E-state index in [0.717, 1.165) is 27.6 Å². The zero-order valence-electron chi connectivity index (χ0n) is 17.4. The fraction of sp³-hybridized carbons (Fsp3) is 0.0400. The minimum Gasteiger partial charge on any atom is -0.507 e. The van der Waals surface area contributed by atoms with Crippen molar-refractivity contribution in [3.05, 3.63) is 101 Å². The van der Waals surface area contributed by atoms with E-state index in [1.54, 1.807) is 26.2 Å². The Morgan fingerprint density at radius 3 is 2.44 bits per heavy atom. The Hall–Kier alpha value is -3.58. The van der Waals surface area contributed by atoms with Gasteiger partial charge in [0.2, 0.25) is 0 Å². The second-order valence-electron chi connectivity index (χ2n) is 7.45. The number of hydrogen-bond donors (Lipinski definition) is 3. The summed E-state index contributed by atoms with van der Waals surface area (Å²) in [7, 11) is 1.80. The monoisotopic (exact) mass is 485 g/mol. The highest BCUT2D eigenvalue weighted by molar-refractivity contribution is 9.10. The van der Waals surface area contributed by atoms with Crippen molar-refractivity contribution in [2.75, 3.05) is 5.32 Å². The molecule has 0 saturated heterocycles. The number of phenolic OH excluding ortho intramolecular Hbond substituents is 1. The van der Waals surface area contributed by atoms with Crippen molar-refractivity contribution in [3.63, 3.8) is 0 Å². The van der Waals surface area contributed by atoms with Crippen molar-refractivity contribution in [3.8, 4) is 5.75 Å². The summed E-state index contributed by atoms with van der Waals surface area (Å²) < 4.78 is 0.574. The van der Waals surface area contributed by atoms with E-state index in [-0.39, 0.29) is 11.7 Å². The molecule has 1 amide bonds. The van der Waals surface area contributed by atoms with Crippen LogP contribution in [0.1, 0.15) is 17.2 Å². The molecule has 0 bridgehead atoms. The van der Waals surface area contributed by atoms with Crippen LogP contribution in [0.25, 0.3) is 10.8 Å². The van der Waals surface area contributed by atoms with Crippen LogP contribution in [-0.2, 0) is 4.79 Å². The van der Waals surface area contributed by atoms with Crippen LogP contribution in [0.3, 0.4) is 0 Å². The van der Waals surface area contributed by atoms with Gasteiger partial charge >= 0.3 is 0 Å². The molecule has 0 radical (unpaired) electrons. The molecule has 0 heterocycles. The van der Waals surface area contributed by atoms with E-state index < -0.39 is 6.04 Å². The summed E-state index contributed by atoms with van der Waals surface area (Å²) in [5.41, 5.74) is 5.77. The lowest BCUT2D eigenvalue weighted by atomic mass is 9.93. The Morgan fingerprint density at radius 2 is 1.69 bits per heavy atom. The van der Waals surface area contributed by atoms with Gasteiger partial charge in [0.05, 0.1) is 10.7 Å². The zero-order chi connectivity index (χ0) is 22.5. The number of phenols is 1. The van der Waals surface area contributed by atoms with Crippen LogP contribution in [0.15, 0.2) is 94.5 Å². The molecule has 0 saturated carbocycles. The first-order chi connectivity index (χ1) is 15.5. The molecule has 7 heteroatoms. The highest BCUT2D eigenvalue weighted by Gasteiger charge is 2.20. The zero-order valence-corrected chi connectivity index (χ0v) is 19.0. The number of aromatic hydroxyl groups is 1. The maximum absolute atomic E-state index is 13.1. The van der Waals surface area contributed by atoms with Crippen LogP contribution in [-0.4, -0.2) is 25.1 Å². The van der Waals surface area contributed by atoms with Crippen molar-refractivity contribution < 1.29 is 9.90 Å². The van der Waals surface area contributed by atoms with Crippen molar-refractivity contribution in [1.29, 1.82) is 0 Å². The Balaban J connectivity index is 1.55. The fourth-order valence-electron chi connectivity index (χ4n) is 3.46. The number of carbonyl (C=O) groups excluding carboxylic acids is 1. The maximum atomic E-state index is 13.1. The number of benzene rings is 4. The van der Waals surface area contributed by atoms with E-state index in [1.807, 2.05) is 66.7 Å². The predicted molar refractivity (Wildman–Crippen MR) is 136 cm³/mol. The van der Waals surface area contributed by atoms with Gasteiger partial charge in [0.15, 0.2) is 0 Å². The molecule has 3 N–H and O–H groups in total. The summed E-state index contributed by atoms with van der Waals surface area (Å²) >= 11 is 3.32. The lowest BCUT2D eigenvalue weighted by Gasteiger charge is -2.19. The number of anilines is 1. The number of fused-ring (bicyclic) bond motifs is 1. The van der Waals surface area contributed by atoms with Gasteiger partial charge in [-0.25, -0.2) is 5.43 Å². The van der Waals surface area contributed by atoms with Crippen molar-refractivity contribution >= 4 is 57.8 Å². The molecule has 32 heavy (non-hydrogen) atoms. The third-order valence-corrected chi connectivity index (χ3v) is 5.72. The molecule has 0 spiro atoms. The maximum Gasteiger partial charge on any atom is 0.267 e. The molecular formula is C25H21BBrN3O2. The summed E-state index contributed by atoms with van der Waals surface area (Å²) in [6, 6.07) is 26.5. The average Bonchev–Trinajstić information content (AvgIpc) is 2.81. The van der Waals surface area contributed by atoms with Gasteiger partial charge in [0, 0.05) is 5.69 Å². The molecule has 1 unspecified atom stereocenters. The van der Waals surface area contributed by atoms with Crippen LogP contribution in [0.4, 0.5) is 5.69 Å². The normalized spacial score (nSPS) is 12.0. The largest absolute Gasteiger partial charge is 0.507 e. The predicted octanol–water partition coefficient (Wildman–Crippen LogP) is 3.87. The van der Waals surface area contributed by atoms with E-state index in [9.17, 15) is 9.90 Å². The van der Waals surface area contributed by atoms with E-state index in [0.29, 0.717) is 9.94 Å². The average molecular weight is 486 g/mol. The number of hydrogen-bond acceptors (Lipinski definition) is 4. The number of amides is 1. The highest BCUT2D eigenvalue weighted by atomic mass is 79.9. The highest BCUT2D eigenvalue weighted by Crippen LogP contribution is 2.24. The molecule has 0 aliphatic heterocycles. The molecule has 4 aromatic rings. The molecule has 1 atom stereocenters. The topological polar surface area (TPSA) is 73.7 Å². The quantitative estimate of drug-likeness (QED) is 0.220. The van der Waals surface area contributed by atoms with E-state index in [4.69, 9.17) is 0 Å². The molecule has 0 aliphatic rings. The molecule has 0 aromatic heterocycles. The number of hydrazone groups is 1. The molecule has 4 rings (SSSR count). The summed E-state index contributed by atoms with van der Waals surface area (Å²) in [6.45, 7) is 0. The number of carbonyl (C=O) groups is 1. The van der Waals surface area contributed by atoms with Gasteiger partial charge in [-0.2, -0.15) is 5.10 Å². The van der Waals surface area contributed by atoms with Crippen molar-refractivity contribution in [1.82, 2.24) is 5.43 Å². The number of halogens is 1. The van der Waals surface area contributed by atoms with Crippen LogP contribution in [0.2, 0.25) is 0 Å². The molecule has 0 fully saturated rings. The smallest absolute Gasteiger partial charge is 0.267 e. The van der Waals surface area contributed by atoms with Crippen molar-refractivity contribution in [2.24, 2.45) is 5.10 Å². The molecule has 4 aromatic carbocycles. The van der Waals surface area contributed by atoms with Gasteiger partial charge in [-0.05, 0) is 61.5 Å². The Labute approximate surface area is 195 Å². The summed E-state index contributed by atoms with van der Waals surface area (Å²) in [6.07, 6.45) is 1.55. The van der Waals surface area contributed by atoms with Crippen LogP contribution >= 0.6 is 15.9 Å². The van der Waals surface area contributed by atoms with Gasteiger partial charge in [-0.1, -0.05) is 66.7 Å². The van der Waals surface area contributed by atoms with Gasteiger partial charge in [0.25, 0.3) is 5.91 Å². The number of nitrogens with one attached hydrogen (secondary N) is 2. The Morgan fingerprint density at radius 1 is 0.969 bits per heavy atom. The SMILES string of the molecule is Bc1cc(/C=N/NC(=O)C(Nc2ccc3ccccc3c2)c2ccccc2)cc(Br)c1O. The number of rotatable bonds is 6. The van der Waals surface area contributed by atoms with Crippen LogP contribution < -0.4 is 16.2 Å². The third-order valence-electron chi connectivity index (χ3n) is 5.12. The van der Waals surface area contributed by atoms with Crippen LogP contribution in [0.5, 0.6) is 5.75 Å². The van der Waals surface area contributed by atoms with Gasteiger partial charge in [-0.15, -0.1) is 0 Å². The van der Waals surface area contributed by atoms with E-state index in [1.165, 1.54) is 0 Å². The summed E-state index contributed by atoms with van der Waals surface area (Å²) in [4.78, 5) is 13.1. The standard InChI is InChI=1S/C25H21BBrN3O2/c26-21-12-16(13-22(27)24(21)31)15-28-30-25(32)23(18-7-2-1-3-8-18)29-20-11-10-17-6-4-5-9-19(17)14-20/h1-15,23,29,31H,26H2,(H,30,32)/b28-15+. The van der Waals surface area contributed by atoms with E-state index >= 15 is 0 Å². The Kier molecular flexibility index (Phi) is 6.56. The first-order valence-corrected chi connectivity index (χ1v) is 10.9. The van der Waals surface area contributed by atoms with E-state index in [2.05, 4.69) is 37.8 Å². The minimum absolute atomic E-state index is 0.190. The minimum atomic E-state index is -0.622. The van der Waals surface area contributed by atoms with Gasteiger partial charge < -0.3 is 10.4 Å². The fourth-order valence-corrected chi connectivity index (χ4v) is 4.04.